The van der Waals surface area contributed by atoms with E-state index >= 15 is 0 Å². The van der Waals surface area contributed by atoms with Crippen molar-refractivity contribution < 1.29 is 4.39 Å². The highest BCUT2D eigenvalue weighted by atomic mass is 19.1. The largest absolute Gasteiger partial charge is 0.244 e. The summed E-state index contributed by atoms with van der Waals surface area (Å²) in [6.45, 7) is 12.2. The van der Waals surface area contributed by atoms with Gasteiger partial charge in [0.2, 0.25) is 0 Å². The van der Waals surface area contributed by atoms with Crippen molar-refractivity contribution in [3.05, 3.63) is 0 Å². The van der Waals surface area contributed by atoms with Gasteiger partial charge in [0, 0.05) is 0 Å². The van der Waals surface area contributed by atoms with Crippen LogP contribution in [0.5, 0.6) is 0 Å². The van der Waals surface area contributed by atoms with Gasteiger partial charge in [0.1, 0.15) is 5.67 Å². The van der Waals surface area contributed by atoms with Crippen molar-refractivity contribution in [2.45, 2.75) is 66.5 Å². The van der Waals surface area contributed by atoms with E-state index in [1.807, 2.05) is 6.92 Å². The summed E-state index contributed by atoms with van der Waals surface area (Å²) in [5.74, 6) is 0.176. The molecule has 0 spiro atoms. The van der Waals surface area contributed by atoms with Gasteiger partial charge in [-0.1, -0.05) is 41.0 Å². The molecule has 0 radical (unpaired) electrons. The Kier molecular flexibility index (Phi) is 4.41. The molecule has 0 fully saturated rings. The van der Waals surface area contributed by atoms with Crippen LogP contribution in [0.4, 0.5) is 4.39 Å². The first-order valence-corrected chi connectivity index (χ1v) is 5.44. The van der Waals surface area contributed by atoms with Crippen LogP contribution in [-0.2, 0) is 0 Å². The van der Waals surface area contributed by atoms with Crippen molar-refractivity contribution in [1.82, 2.24) is 0 Å². The fourth-order valence-corrected chi connectivity index (χ4v) is 2.17. The van der Waals surface area contributed by atoms with E-state index < -0.39 is 5.67 Å². The van der Waals surface area contributed by atoms with Gasteiger partial charge in [-0.3, -0.25) is 0 Å². The summed E-state index contributed by atoms with van der Waals surface area (Å²) in [6, 6.07) is 0. The van der Waals surface area contributed by atoms with Crippen LogP contribution < -0.4 is 0 Å². The fraction of sp³-hybridized carbons (Fsp3) is 1.00. The molecule has 2 unspecified atom stereocenters. The first-order chi connectivity index (χ1) is 5.75. The maximum atomic E-state index is 14.2. The highest BCUT2D eigenvalue weighted by molar-refractivity contribution is 4.88. The van der Waals surface area contributed by atoms with Crippen molar-refractivity contribution >= 4 is 0 Å². The predicted molar refractivity (Wildman–Crippen MR) is 57.7 cm³/mol. The van der Waals surface area contributed by atoms with E-state index in [2.05, 4.69) is 27.7 Å². The summed E-state index contributed by atoms with van der Waals surface area (Å²) in [5.41, 5.74) is -0.927. The van der Waals surface area contributed by atoms with Crippen LogP contribution in [0.15, 0.2) is 0 Å². The minimum atomic E-state index is -1.01. The van der Waals surface area contributed by atoms with Crippen LogP contribution in [0.3, 0.4) is 0 Å². The minimum absolute atomic E-state index is 0.0789. The van der Waals surface area contributed by atoms with Crippen LogP contribution in [-0.4, -0.2) is 5.67 Å². The zero-order chi connectivity index (χ0) is 10.7. The molecule has 0 aliphatic carbocycles. The molecule has 0 N–H and O–H groups in total. The molecule has 13 heavy (non-hydrogen) atoms. The van der Waals surface area contributed by atoms with Crippen molar-refractivity contribution in [3.63, 3.8) is 0 Å². The van der Waals surface area contributed by atoms with E-state index in [9.17, 15) is 4.39 Å². The zero-order valence-electron chi connectivity index (χ0n) is 10.1. The van der Waals surface area contributed by atoms with Gasteiger partial charge < -0.3 is 0 Å². The van der Waals surface area contributed by atoms with Crippen molar-refractivity contribution in [2.75, 3.05) is 0 Å². The predicted octanol–water partition coefficient (Wildman–Crippen LogP) is 4.59. The SMILES string of the molecule is CCCC(C(C)(C)C)C(C)(F)CC. The molecule has 0 saturated heterocycles. The molecule has 80 valence electrons. The van der Waals surface area contributed by atoms with Gasteiger partial charge >= 0.3 is 0 Å². The number of alkyl halides is 1. The average Bonchev–Trinajstić information content (AvgIpc) is 1.98. The third-order valence-corrected chi connectivity index (χ3v) is 3.04. The van der Waals surface area contributed by atoms with E-state index in [1.165, 1.54) is 0 Å². The van der Waals surface area contributed by atoms with Crippen LogP contribution in [0, 0.1) is 11.3 Å². The monoisotopic (exact) mass is 188 g/mol. The molecule has 0 bridgehead atoms. The third kappa shape index (κ3) is 3.66. The summed E-state index contributed by atoms with van der Waals surface area (Å²) in [4.78, 5) is 0. The molecule has 0 aromatic carbocycles. The minimum Gasteiger partial charge on any atom is -0.244 e. The van der Waals surface area contributed by atoms with E-state index in [0.29, 0.717) is 6.42 Å². The van der Waals surface area contributed by atoms with E-state index in [0.717, 1.165) is 12.8 Å². The molecule has 0 aliphatic rings. The topological polar surface area (TPSA) is 0 Å². The summed E-state index contributed by atoms with van der Waals surface area (Å²) < 4.78 is 14.2. The second-order valence-electron chi connectivity index (χ2n) is 5.34. The maximum absolute atomic E-state index is 14.2. The molecule has 0 aromatic heterocycles. The summed E-state index contributed by atoms with van der Waals surface area (Å²) in [6.07, 6.45) is 2.68. The number of rotatable bonds is 4. The van der Waals surface area contributed by atoms with Crippen LogP contribution >= 0.6 is 0 Å². The third-order valence-electron chi connectivity index (χ3n) is 3.04. The van der Waals surface area contributed by atoms with Crippen molar-refractivity contribution in [2.24, 2.45) is 11.3 Å². The van der Waals surface area contributed by atoms with E-state index in [1.54, 1.807) is 6.92 Å². The Morgan fingerprint density at radius 3 is 1.77 bits per heavy atom. The lowest BCUT2D eigenvalue weighted by Gasteiger charge is -2.39. The van der Waals surface area contributed by atoms with E-state index in [4.69, 9.17) is 0 Å². The number of hydrogen-bond donors (Lipinski definition) is 0. The van der Waals surface area contributed by atoms with Crippen molar-refractivity contribution in [1.29, 1.82) is 0 Å². The second-order valence-corrected chi connectivity index (χ2v) is 5.34. The van der Waals surface area contributed by atoms with Gasteiger partial charge in [0.25, 0.3) is 0 Å². The molecule has 1 heteroatoms. The van der Waals surface area contributed by atoms with Gasteiger partial charge in [-0.05, 0) is 31.1 Å². The van der Waals surface area contributed by atoms with Crippen LogP contribution in [0.1, 0.15) is 60.8 Å². The molecule has 0 saturated carbocycles. The average molecular weight is 188 g/mol. The summed E-state index contributed by atoms with van der Waals surface area (Å²) >= 11 is 0. The van der Waals surface area contributed by atoms with Crippen LogP contribution in [0.25, 0.3) is 0 Å². The highest BCUT2D eigenvalue weighted by Crippen LogP contribution is 2.41. The lowest BCUT2D eigenvalue weighted by molar-refractivity contribution is 0.0183. The molecule has 0 rings (SSSR count). The standard InChI is InChI=1S/C12H25F/c1-7-9-10(11(3,4)5)12(6,13)8-2/h10H,7-9H2,1-6H3. The van der Waals surface area contributed by atoms with Gasteiger partial charge in [0.15, 0.2) is 0 Å². The van der Waals surface area contributed by atoms with E-state index in [-0.39, 0.29) is 11.3 Å². The molecular formula is C12H25F. The smallest absolute Gasteiger partial charge is 0.111 e. The Hall–Kier alpha value is -0.0700. The quantitative estimate of drug-likeness (QED) is 0.605. The zero-order valence-corrected chi connectivity index (χ0v) is 10.1. The maximum Gasteiger partial charge on any atom is 0.111 e. The molecule has 0 nitrogen and oxygen atoms in total. The summed E-state index contributed by atoms with van der Waals surface area (Å²) in [5, 5.41) is 0. The second kappa shape index (κ2) is 4.43. The lowest BCUT2D eigenvalue weighted by atomic mass is 9.69. The highest BCUT2D eigenvalue weighted by Gasteiger charge is 2.39. The Bertz CT molecular complexity index is 142. The molecule has 0 aliphatic heterocycles. The Morgan fingerprint density at radius 2 is 1.54 bits per heavy atom. The molecule has 0 aromatic rings. The number of hydrogen-bond acceptors (Lipinski definition) is 0. The first-order valence-electron chi connectivity index (χ1n) is 5.44. The number of halogens is 1. The van der Waals surface area contributed by atoms with Crippen molar-refractivity contribution in [3.8, 4) is 0 Å². The Labute approximate surface area is 82.9 Å². The van der Waals surface area contributed by atoms with Gasteiger partial charge in [0.05, 0.1) is 0 Å². The van der Waals surface area contributed by atoms with Gasteiger partial charge in [-0.15, -0.1) is 0 Å². The normalized spacial score (nSPS) is 19.6. The molecular weight excluding hydrogens is 163 g/mol. The summed E-state index contributed by atoms with van der Waals surface area (Å²) in [7, 11) is 0. The van der Waals surface area contributed by atoms with Gasteiger partial charge in [-0.2, -0.15) is 0 Å². The molecule has 0 amide bonds. The lowest BCUT2D eigenvalue weighted by Crippen LogP contribution is -2.38. The first kappa shape index (κ1) is 12.9. The van der Waals surface area contributed by atoms with Crippen LogP contribution in [0.2, 0.25) is 0 Å². The Morgan fingerprint density at radius 1 is 1.08 bits per heavy atom. The van der Waals surface area contributed by atoms with Gasteiger partial charge in [-0.25, -0.2) is 4.39 Å². The molecule has 0 heterocycles. The Balaban J connectivity index is 4.60. The molecule has 2 atom stereocenters. The fourth-order valence-electron chi connectivity index (χ4n) is 2.17.